The molecule has 0 atom stereocenters. The summed E-state index contributed by atoms with van der Waals surface area (Å²) in [6.45, 7) is 7.60. The van der Waals surface area contributed by atoms with Gasteiger partial charge in [-0.3, -0.25) is 4.79 Å². The highest BCUT2D eigenvalue weighted by atomic mass is 16.1. The van der Waals surface area contributed by atoms with Crippen molar-refractivity contribution in [2.24, 2.45) is 0 Å². The van der Waals surface area contributed by atoms with Crippen molar-refractivity contribution in [3.8, 4) is 0 Å². The normalized spacial score (nSPS) is 9.50. The number of hydrogen-bond acceptors (Lipinski definition) is 1. The van der Waals surface area contributed by atoms with Crippen LogP contribution in [-0.2, 0) is 0 Å². The molecule has 1 rings (SSSR count). The quantitative estimate of drug-likeness (QED) is 0.608. The summed E-state index contributed by atoms with van der Waals surface area (Å²) in [6.07, 6.45) is 2.59. The molecule has 0 unspecified atom stereocenters. The molecule has 0 saturated carbocycles. The second kappa shape index (κ2) is 3.35. The molecule has 1 aromatic rings. The van der Waals surface area contributed by atoms with Crippen LogP contribution in [0.5, 0.6) is 0 Å². The lowest BCUT2D eigenvalue weighted by atomic mass is 9.99. The fourth-order valence-corrected chi connectivity index (χ4v) is 1.19. The van der Waals surface area contributed by atoms with E-state index in [1.54, 1.807) is 6.08 Å². The average molecular weight is 160 g/mol. The SMILES string of the molecule is C=Cc1ccc(C)c(C)c1C=O. The van der Waals surface area contributed by atoms with E-state index in [-0.39, 0.29) is 0 Å². The van der Waals surface area contributed by atoms with Crippen molar-refractivity contribution < 1.29 is 4.79 Å². The summed E-state index contributed by atoms with van der Waals surface area (Å²) in [5.41, 5.74) is 3.85. The highest BCUT2D eigenvalue weighted by Crippen LogP contribution is 2.16. The van der Waals surface area contributed by atoms with Crippen LogP contribution < -0.4 is 0 Å². The number of aldehydes is 1. The molecule has 12 heavy (non-hydrogen) atoms. The average Bonchev–Trinajstić information content (AvgIpc) is 2.09. The predicted octanol–water partition coefficient (Wildman–Crippen LogP) is 2.76. The summed E-state index contributed by atoms with van der Waals surface area (Å²) in [7, 11) is 0. The third-order valence-electron chi connectivity index (χ3n) is 2.16. The van der Waals surface area contributed by atoms with Gasteiger partial charge in [-0.05, 0) is 30.5 Å². The van der Waals surface area contributed by atoms with Gasteiger partial charge in [-0.1, -0.05) is 24.8 Å². The fourth-order valence-electron chi connectivity index (χ4n) is 1.19. The van der Waals surface area contributed by atoms with E-state index < -0.39 is 0 Å². The second-order valence-corrected chi connectivity index (χ2v) is 2.83. The maximum absolute atomic E-state index is 10.7. The summed E-state index contributed by atoms with van der Waals surface area (Å²) >= 11 is 0. The molecule has 0 saturated heterocycles. The Kier molecular flexibility index (Phi) is 2.44. The number of benzene rings is 1. The monoisotopic (exact) mass is 160 g/mol. The molecule has 0 aliphatic carbocycles. The molecule has 0 aromatic heterocycles. The number of rotatable bonds is 2. The standard InChI is InChI=1S/C11H12O/c1-4-10-6-5-8(2)9(3)11(10)7-12/h4-7H,1H2,2-3H3. The van der Waals surface area contributed by atoms with Gasteiger partial charge in [-0.2, -0.15) is 0 Å². The first-order valence-electron chi connectivity index (χ1n) is 3.88. The third kappa shape index (κ3) is 1.30. The Hall–Kier alpha value is -1.37. The zero-order valence-electron chi connectivity index (χ0n) is 7.42. The Morgan fingerprint density at radius 2 is 2.00 bits per heavy atom. The van der Waals surface area contributed by atoms with Crippen molar-refractivity contribution in [2.45, 2.75) is 13.8 Å². The van der Waals surface area contributed by atoms with Gasteiger partial charge in [0.05, 0.1) is 0 Å². The van der Waals surface area contributed by atoms with Crippen LogP contribution in [-0.4, -0.2) is 6.29 Å². The van der Waals surface area contributed by atoms with Crippen molar-refractivity contribution in [3.63, 3.8) is 0 Å². The van der Waals surface area contributed by atoms with Crippen LogP contribution in [0.4, 0.5) is 0 Å². The van der Waals surface area contributed by atoms with Gasteiger partial charge in [0, 0.05) is 5.56 Å². The van der Waals surface area contributed by atoms with Crippen molar-refractivity contribution >= 4 is 12.4 Å². The van der Waals surface area contributed by atoms with Crippen LogP contribution in [0.2, 0.25) is 0 Å². The van der Waals surface area contributed by atoms with Crippen LogP contribution >= 0.6 is 0 Å². The topological polar surface area (TPSA) is 17.1 Å². The third-order valence-corrected chi connectivity index (χ3v) is 2.16. The first-order valence-corrected chi connectivity index (χ1v) is 3.88. The van der Waals surface area contributed by atoms with Gasteiger partial charge in [-0.25, -0.2) is 0 Å². The summed E-state index contributed by atoms with van der Waals surface area (Å²) in [5, 5.41) is 0. The van der Waals surface area contributed by atoms with Crippen molar-refractivity contribution in [3.05, 3.63) is 41.0 Å². The minimum absolute atomic E-state index is 0.755. The Labute approximate surface area is 72.7 Å². The van der Waals surface area contributed by atoms with Crippen molar-refractivity contribution in [1.29, 1.82) is 0 Å². The molecule has 0 radical (unpaired) electrons. The zero-order valence-corrected chi connectivity index (χ0v) is 7.42. The Morgan fingerprint density at radius 3 is 2.50 bits per heavy atom. The van der Waals surface area contributed by atoms with Crippen LogP contribution in [0.3, 0.4) is 0 Å². The Balaban J connectivity index is 3.45. The molecular formula is C11H12O. The van der Waals surface area contributed by atoms with Crippen LogP contribution in [0.1, 0.15) is 27.0 Å². The number of carbonyl (C=O) groups is 1. The van der Waals surface area contributed by atoms with Gasteiger partial charge in [0.15, 0.2) is 6.29 Å². The van der Waals surface area contributed by atoms with Crippen LogP contribution in [0.25, 0.3) is 6.08 Å². The highest BCUT2D eigenvalue weighted by Gasteiger charge is 2.03. The van der Waals surface area contributed by atoms with Gasteiger partial charge >= 0.3 is 0 Å². The fraction of sp³-hybridized carbons (Fsp3) is 0.182. The van der Waals surface area contributed by atoms with E-state index in [4.69, 9.17) is 0 Å². The molecule has 0 N–H and O–H groups in total. The minimum atomic E-state index is 0.755. The predicted molar refractivity (Wildman–Crippen MR) is 51.4 cm³/mol. The summed E-state index contributed by atoms with van der Waals surface area (Å²) in [6, 6.07) is 3.92. The number of carbonyl (C=O) groups excluding carboxylic acids is 1. The Bertz CT molecular complexity index is 324. The van der Waals surface area contributed by atoms with Gasteiger partial charge < -0.3 is 0 Å². The van der Waals surface area contributed by atoms with Gasteiger partial charge in [-0.15, -0.1) is 0 Å². The Morgan fingerprint density at radius 1 is 1.33 bits per heavy atom. The molecule has 0 aliphatic rings. The molecule has 0 spiro atoms. The van der Waals surface area contributed by atoms with Gasteiger partial charge in [0.1, 0.15) is 0 Å². The maximum Gasteiger partial charge on any atom is 0.150 e. The maximum atomic E-state index is 10.7. The molecule has 1 heteroatoms. The van der Waals surface area contributed by atoms with E-state index in [0.717, 1.165) is 28.5 Å². The van der Waals surface area contributed by atoms with E-state index in [1.807, 2.05) is 26.0 Å². The smallest absolute Gasteiger partial charge is 0.150 e. The highest BCUT2D eigenvalue weighted by molar-refractivity contribution is 5.84. The molecule has 1 aromatic carbocycles. The number of aryl methyl sites for hydroxylation is 1. The summed E-state index contributed by atoms with van der Waals surface area (Å²) in [4.78, 5) is 10.7. The van der Waals surface area contributed by atoms with Crippen molar-refractivity contribution in [2.75, 3.05) is 0 Å². The van der Waals surface area contributed by atoms with E-state index in [9.17, 15) is 4.79 Å². The lowest BCUT2D eigenvalue weighted by molar-refractivity contribution is 0.112. The molecule has 62 valence electrons. The van der Waals surface area contributed by atoms with E-state index >= 15 is 0 Å². The van der Waals surface area contributed by atoms with Crippen LogP contribution in [0, 0.1) is 13.8 Å². The largest absolute Gasteiger partial charge is 0.298 e. The molecule has 1 nitrogen and oxygen atoms in total. The lowest BCUT2D eigenvalue weighted by Gasteiger charge is -2.05. The second-order valence-electron chi connectivity index (χ2n) is 2.83. The van der Waals surface area contributed by atoms with E-state index in [2.05, 4.69) is 6.58 Å². The molecule has 0 amide bonds. The van der Waals surface area contributed by atoms with E-state index in [1.165, 1.54) is 0 Å². The van der Waals surface area contributed by atoms with Gasteiger partial charge in [0.25, 0.3) is 0 Å². The zero-order chi connectivity index (χ0) is 9.14. The summed E-state index contributed by atoms with van der Waals surface area (Å²) in [5.74, 6) is 0. The van der Waals surface area contributed by atoms with E-state index in [0.29, 0.717) is 0 Å². The number of hydrogen-bond donors (Lipinski definition) is 0. The molecule has 0 fully saturated rings. The lowest BCUT2D eigenvalue weighted by Crippen LogP contribution is -1.93. The first kappa shape index (κ1) is 8.72. The van der Waals surface area contributed by atoms with Crippen LogP contribution in [0.15, 0.2) is 18.7 Å². The summed E-state index contributed by atoms with van der Waals surface area (Å²) < 4.78 is 0. The van der Waals surface area contributed by atoms with Gasteiger partial charge in [0.2, 0.25) is 0 Å². The van der Waals surface area contributed by atoms with Crippen molar-refractivity contribution in [1.82, 2.24) is 0 Å². The molecule has 0 heterocycles. The molecular weight excluding hydrogens is 148 g/mol. The first-order chi connectivity index (χ1) is 5.70. The molecule has 0 bridgehead atoms. The minimum Gasteiger partial charge on any atom is -0.298 e. The molecule has 0 aliphatic heterocycles.